The average molecular weight is 462 g/mol. The molecule has 4 aromatic rings. The molecule has 0 fully saturated rings. The molecule has 0 aliphatic heterocycles. The number of hydrogen-bond donors (Lipinski definition) is 2. The number of carbonyl (C=O) groups is 1. The Balaban J connectivity index is 1.56. The number of carbonyl (C=O) groups excluding carboxylic acids is 1. The van der Waals surface area contributed by atoms with Crippen LogP contribution < -0.4 is 16.2 Å². The molecule has 0 radical (unpaired) electrons. The Kier molecular flexibility index (Phi) is 6.82. The fourth-order valence-corrected chi connectivity index (χ4v) is 4.60. The number of benzene rings is 2. The summed E-state index contributed by atoms with van der Waals surface area (Å²) < 4.78 is 15.3. The Morgan fingerprint density at radius 3 is 2.70 bits per heavy atom. The van der Waals surface area contributed by atoms with Crippen molar-refractivity contribution in [3.8, 4) is 16.8 Å². The normalized spacial score (nSPS) is 11.8. The molecule has 0 bridgehead atoms. The van der Waals surface area contributed by atoms with Crippen LogP contribution in [0.5, 0.6) is 0 Å². The molecule has 0 saturated carbocycles. The minimum atomic E-state index is -0.534. The third-order valence-electron chi connectivity index (χ3n) is 5.41. The van der Waals surface area contributed by atoms with E-state index < -0.39 is 11.4 Å². The Morgan fingerprint density at radius 2 is 1.91 bits per heavy atom. The van der Waals surface area contributed by atoms with Crippen LogP contribution in [0.1, 0.15) is 33.8 Å². The third-order valence-corrected chi connectivity index (χ3v) is 6.33. The van der Waals surface area contributed by atoms with Gasteiger partial charge in [-0.25, -0.2) is 4.39 Å². The monoisotopic (exact) mass is 461 g/mol. The molecule has 0 saturated heterocycles. The van der Waals surface area contributed by atoms with E-state index in [-0.39, 0.29) is 23.2 Å². The van der Waals surface area contributed by atoms with Crippen LogP contribution >= 0.6 is 11.3 Å². The highest BCUT2D eigenvalue weighted by Gasteiger charge is 2.15. The summed E-state index contributed by atoms with van der Waals surface area (Å²) in [5.74, 6) is -0.877. The van der Waals surface area contributed by atoms with Crippen LogP contribution in [0.4, 0.5) is 4.39 Å². The zero-order valence-electron chi connectivity index (χ0n) is 18.3. The number of amides is 1. The maximum absolute atomic E-state index is 14.2. The quantitative estimate of drug-likeness (QED) is 0.411. The largest absolute Gasteiger partial charge is 0.345 e. The number of pyridine rings is 1. The molecule has 1 amide bonds. The standard InChI is InChI=1S/C26H24FN3O2S/c1-17(18-6-5-7-19(14-18)21-12-13-33-24(21)15-28-2)29-26(32)20-10-11-25(31)30(16-20)23-9-4-3-8-22(23)27/h3-14,16-17,28H,15H2,1-2H3,(H,29,32)/t17-/m1/s1. The summed E-state index contributed by atoms with van der Waals surface area (Å²) in [5, 5.41) is 8.24. The zero-order chi connectivity index (χ0) is 23.4. The van der Waals surface area contributed by atoms with Gasteiger partial charge >= 0.3 is 0 Å². The summed E-state index contributed by atoms with van der Waals surface area (Å²) in [6.07, 6.45) is 1.37. The van der Waals surface area contributed by atoms with Crippen molar-refractivity contribution >= 4 is 17.2 Å². The van der Waals surface area contributed by atoms with E-state index in [4.69, 9.17) is 0 Å². The van der Waals surface area contributed by atoms with E-state index in [9.17, 15) is 14.0 Å². The average Bonchev–Trinajstić information content (AvgIpc) is 3.28. The van der Waals surface area contributed by atoms with Crippen molar-refractivity contribution < 1.29 is 9.18 Å². The number of nitrogens with zero attached hydrogens (tertiary/aromatic N) is 1. The predicted octanol–water partition coefficient (Wildman–Crippen LogP) is 4.92. The molecule has 0 aliphatic rings. The maximum Gasteiger partial charge on any atom is 0.255 e. The van der Waals surface area contributed by atoms with Crippen LogP contribution in [0.15, 0.2) is 83.1 Å². The van der Waals surface area contributed by atoms with Crippen molar-refractivity contribution in [2.75, 3.05) is 7.05 Å². The lowest BCUT2D eigenvalue weighted by atomic mass is 10.00. The first kappa shape index (κ1) is 22.6. The molecule has 2 heterocycles. The van der Waals surface area contributed by atoms with Gasteiger partial charge < -0.3 is 10.6 Å². The van der Waals surface area contributed by atoms with Gasteiger partial charge in [-0.05, 0) is 66.4 Å². The van der Waals surface area contributed by atoms with E-state index in [1.807, 2.05) is 26.1 Å². The molecular weight excluding hydrogens is 437 g/mol. The van der Waals surface area contributed by atoms with Gasteiger partial charge in [-0.15, -0.1) is 11.3 Å². The summed E-state index contributed by atoms with van der Waals surface area (Å²) in [5.41, 5.74) is 3.19. The van der Waals surface area contributed by atoms with E-state index in [0.717, 1.165) is 22.2 Å². The van der Waals surface area contributed by atoms with Crippen molar-refractivity contribution in [3.63, 3.8) is 0 Å². The summed E-state index contributed by atoms with van der Waals surface area (Å²) in [6.45, 7) is 2.70. The lowest BCUT2D eigenvalue weighted by Gasteiger charge is -2.16. The second-order valence-corrected chi connectivity index (χ2v) is 8.69. The topological polar surface area (TPSA) is 63.1 Å². The Hall–Kier alpha value is -3.55. The molecular formula is C26H24FN3O2S. The minimum Gasteiger partial charge on any atom is -0.345 e. The molecule has 5 nitrogen and oxygen atoms in total. The van der Waals surface area contributed by atoms with E-state index in [2.05, 4.69) is 34.2 Å². The maximum atomic E-state index is 14.2. The van der Waals surface area contributed by atoms with Crippen LogP contribution in [0, 0.1) is 5.82 Å². The minimum absolute atomic E-state index is 0.103. The van der Waals surface area contributed by atoms with E-state index in [1.54, 1.807) is 23.5 Å². The second kappa shape index (κ2) is 9.94. The molecule has 2 N–H and O–H groups in total. The van der Waals surface area contributed by atoms with Crippen LogP contribution in [0.3, 0.4) is 0 Å². The van der Waals surface area contributed by atoms with Gasteiger partial charge in [0.1, 0.15) is 5.82 Å². The van der Waals surface area contributed by atoms with E-state index in [0.29, 0.717) is 0 Å². The van der Waals surface area contributed by atoms with Crippen LogP contribution in [0.2, 0.25) is 0 Å². The number of nitrogens with one attached hydrogen (secondary N) is 2. The molecule has 1 atom stereocenters. The van der Waals surface area contributed by atoms with Gasteiger partial charge in [-0.1, -0.05) is 30.3 Å². The molecule has 7 heteroatoms. The first-order chi connectivity index (χ1) is 16.0. The van der Waals surface area contributed by atoms with Crippen LogP contribution in [0.25, 0.3) is 16.8 Å². The van der Waals surface area contributed by atoms with Crippen molar-refractivity contribution in [2.24, 2.45) is 0 Å². The predicted molar refractivity (Wildman–Crippen MR) is 130 cm³/mol. The van der Waals surface area contributed by atoms with Gasteiger partial charge in [0.15, 0.2) is 0 Å². The Bertz CT molecular complexity index is 1350. The molecule has 0 spiro atoms. The number of halogens is 1. The molecule has 168 valence electrons. The smallest absolute Gasteiger partial charge is 0.255 e. The van der Waals surface area contributed by atoms with Gasteiger partial charge in [-0.3, -0.25) is 14.2 Å². The third kappa shape index (κ3) is 4.94. The van der Waals surface area contributed by atoms with Gasteiger partial charge in [0.05, 0.1) is 17.3 Å². The lowest BCUT2D eigenvalue weighted by molar-refractivity contribution is 0.0939. The van der Waals surface area contributed by atoms with Gasteiger partial charge in [0.25, 0.3) is 11.5 Å². The van der Waals surface area contributed by atoms with E-state index >= 15 is 0 Å². The fourth-order valence-electron chi connectivity index (χ4n) is 3.69. The van der Waals surface area contributed by atoms with Crippen molar-refractivity contribution in [2.45, 2.75) is 19.5 Å². The molecule has 2 aromatic carbocycles. The van der Waals surface area contributed by atoms with Crippen LogP contribution in [-0.2, 0) is 6.54 Å². The van der Waals surface area contributed by atoms with Gasteiger partial charge in [-0.2, -0.15) is 0 Å². The molecule has 0 aliphatic carbocycles. The van der Waals surface area contributed by atoms with E-state index in [1.165, 1.54) is 40.9 Å². The Labute approximate surface area is 195 Å². The molecule has 4 rings (SSSR count). The summed E-state index contributed by atoms with van der Waals surface area (Å²) >= 11 is 1.71. The highest BCUT2D eigenvalue weighted by atomic mass is 32.1. The lowest BCUT2D eigenvalue weighted by Crippen LogP contribution is -2.28. The molecule has 0 unspecified atom stereocenters. The molecule has 33 heavy (non-hydrogen) atoms. The molecule has 2 aromatic heterocycles. The van der Waals surface area contributed by atoms with Gasteiger partial charge in [0.2, 0.25) is 0 Å². The summed E-state index contributed by atoms with van der Waals surface area (Å²) in [7, 11) is 1.92. The van der Waals surface area contributed by atoms with Crippen molar-refractivity contribution in [3.05, 3.63) is 110 Å². The van der Waals surface area contributed by atoms with Gasteiger partial charge in [0, 0.05) is 23.7 Å². The number of rotatable bonds is 7. The SMILES string of the molecule is CNCc1sccc1-c1cccc([C@@H](C)NC(=O)c2ccc(=O)n(-c3ccccc3F)c2)c1. The number of para-hydroxylation sites is 1. The summed E-state index contributed by atoms with van der Waals surface area (Å²) in [6, 6.07) is 18.6. The number of thiophene rings is 1. The second-order valence-electron chi connectivity index (χ2n) is 7.69. The fraction of sp³-hybridized carbons (Fsp3) is 0.154. The zero-order valence-corrected chi connectivity index (χ0v) is 19.2. The van der Waals surface area contributed by atoms with Crippen LogP contribution in [-0.4, -0.2) is 17.5 Å². The highest BCUT2D eigenvalue weighted by Crippen LogP contribution is 2.30. The first-order valence-corrected chi connectivity index (χ1v) is 11.5. The number of hydrogen-bond acceptors (Lipinski definition) is 4. The van der Waals surface area contributed by atoms with Crippen molar-refractivity contribution in [1.29, 1.82) is 0 Å². The summed E-state index contributed by atoms with van der Waals surface area (Å²) in [4.78, 5) is 26.5. The highest BCUT2D eigenvalue weighted by molar-refractivity contribution is 7.10. The first-order valence-electron chi connectivity index (χ1n) is 10.6. The number of aromatic nitrogens is 1. The van der Waals surface area contributed by atoms with Crippen molar-refractivity contribution in [1.82, 2.24) is 15.2 Å². The Morgan fingerprint density at radius 1 is 1.09 bits per heavy atom.